The number of amidine groups is 1. The zero-order chi connectivity index (χ0) is 10.9. The number of thioether (sulfide) groups is 1. The van der Waals surface area contributed by atoms with E-state index in [9.17, 15) is 0 Å². The van der Waals surface area contributed by atoms with Crippen molar-refractivity contribution in [2.75, 3.05) is 5.75 Å². The highest BCUT2D eigenvalue weighted by atomic mass is 79.9. The van der Waals surface area contributed by atoms with Crippen LogP contribution in [0.15, 0.2) is 20.9 Å². The molecule has 0 aromatic carbocycles. The van der Waals surface area contributed by atoms with Crippen LogP contribution in [0.1, 0.15) is 18.7 Å². The summed E-state index contributed by atoms with van der Waals surface area (Å²) in [6.07, 6.45) is 0. The molecule has 1 aromatic heterocycles. The molecule has 0 amide bonds. The topological polar surface area (TPSA) is 24.4 Å². The standard InChI is InChI=1S/C10H13BrN2S2/c1-10(2)6-14-9(13-10)12-5-7-3-4-8(11)15-7/h3-4H,5-6H2,1-2H3,(H,12,13). The van der Waals surface area contributed by atoms with Gasteiger partial charge in [0.25, 0.3) is 0 Å². The van der Waals surface area contributed by atoms with Crippen LogP contribution < -0.4 is 5.32 Å². The Morgan fingerprint density at radius 3 is 2.87 bits per heavy atom. The van der Waals surface area contributed by atoms with E-state index in [0.717, 1.165) is 17.5 Å². The number of aliphatic imine (C=N–C) groups is 1. The number of nitrogens with zero attached hydrogens (tertiary/aromatic N) is 1. The Labute approximate surface area is 107 Å². The van der Waals surface area contributed by atoms with E-state index in [1.165, 1.54) is 8.66 Å². The highest BCUT2D eigenvalue weighted by Crippen LogP contribution is 2.25. The van der Waals surface area contributed by atoms with Gasteiger partial charge in [-0.1, -0.05) is 11.8 Å². The molecule has 5 heteroatoms. The first-order valence-electron chi connectivity index (χ1n) is 4.75. The first kappa shape index (κ1) is 11.5. The summed E-state index contributed by atoms with van der Waals surface area (Å²) >= 11 is 7.00. The Morgan fingerprint density at radius 1 is 1.53 bits per heavy atom. The van der Waals surface area contributed by atoms with Crippen molar-refractivity contribution in [2.45, 2.75) is 25.9 Å². The third-order valence-electron chi connectivity index (χ3n) is 2.02. The molecule has 2 rings (SSSR count). The molecule has 1 fully saturated rings. The summed E-state index contributed by atoms with van der Waals surface area (Å²) in [4.78, 5) is 5.85. The molecular weight excluding hydrogens is 292 g/mol. The van der Waals surface area contributed by atoms with Crippen LogP contribution in [0.5, 0.6) is 0 Å². The molecule has 0 spiro atoms. The maximum Gasteiger partial charge on any atom is 0.157 e. The maximum atomic E-state index is 4.56. The lowest BCUT2D eigenvalue weighted by Crippen LogP contribution is -2.36. The maximum absolute atomic E-state index is 4.56. The molecule has 0 bridgehead atoms. The Balaban J connectivity index is 1.95. The average molecular weight is 305 g/mol. The van der Waals surface area contributed by atoms with Gasteiger partial charge in [0, 0.05) is 16.2 Å². The number of hydrogen-bond acceptors (Lipinski definition) is 3. The fraction of sp³-hybridized carbons (Fsp3) is 0.500. The lowest BCUT2D eigenvalue weighted by Gasteiger charge is -2.15. The van der Waals surface area contributed by atoms with Crippen molar-refractivity contribution >= 4 is 44.2 Å². The van der Waals surface area contributed by atoms with Gasteiger partial charge in [-0.05, 0) is 41.9 Å². The first-order chi connectivity index (χ1) is 7.05. The molecule has 1 aromatic rings. The van der Waals surface area contributed by atoms with Crippen LogP contribution in [0.4, 0.5) is 0 Å². The van der Waals surface area contributed by atoms with Crippen LogP contribution in [-0.2, 0) is 6.54 Å². The molecule has 0 atom stereocenters. The monoisotopic (exact) mass is 304 g/mol. The van der Waals surface area contributed by atoms with Gasteiger partial charge in [-0.15, -0.1) is 11.3 Å². The molecule has 0 aliphatic carbocycles. The summed E-state index contributed by atoms with van der Waals surface area (Å²) in [6.45, 7) is 5.18. The smallest absolute Gasteiger partial charge is 0.157 e. The molecule has 0 unspecified atom stereocenters. The van der Waals surface area contributed by atoms with Gasteiger partial charge in [-0.3, -0.25) is 4.99 Å². The predicted octanol–water partition coefficient (Wildman–Crippen LogP) is 3.48. The number of halogens is 1. The minimum Gasteiger partial charge on any atom is -0.359 e. The minimum atomic E-state index is 0.194. The van der Waals surface area contributed by atoms with E-state index in [0.29, 0.717) is 0 Å². The molecule has 82 valence electrons. The third-order valence-corrected chi connectivity index (χ3v) is 5.00. The van der Waals surface area contributed by atoms with Crippen LogP contribution in [0.3, 0.4) is 0 Å². The van der Waals surface area contributed by atoms with Crippen LogP contribution in [0.2, 0.25) is 0 Å². The average Bonchev–Trinajstić information content (AvgIpc) is 2.69. The molecule has 1 aliphatic heterocycles. The van der Waals surface area contributed by atoms with E-state index in [4.69, 9.17) is 0 Å². The van der Waals surface area contributed by atoms with Crippen LogP contribution in [0.25, 0.3) is 0 Å². The molecule has 2 heterocycles. The normalized spacial score (nSPS) is 21.9. The molecule has 1 saturated heterocycles. The number of hydrogen-bond donors (Lipinski definition) is 1. The van der Waals surface area contributed by atoms with Crippen molar-refractivity contribution in [1.29, 1.82) is 0 Å². The third kappa shape index (κ3) is 3.23. The largest absolute Gasteiger partial charge is 0.359 e. The second-order valence-corrected chi connectivity index (χ2v) is 7.64. The molecule has 1 aliphatic rings. The highest BCUT2D eigenvalue weighted by molar-refractivity contribution is 9.11. The van der Waals surface area contributed by atoms with Crippen LogP contribution >= 0.6 is 39.0 Å². The summed E-state index contributed by atoms with van der Waals surface area (Å²) in [7, 11) is 0. The van der Waals surface area contributed by atoms with Crippen molar-refractivity contribution < 1.29 is 0 Å². The quantitative estimate of drug-likeness (QED) is 0.904. The summed E-state index contributed by atoms with van der Waals surface area (Å²) in [5, 5.41) is 4.49. The summed E-state index contributed by atoms with van der Waals surface area (Å²) in [5.41, 5.74) is 0.194. The molecule has 2 nitrogen and oxygen atoms in total. The minimum absolute atomic E-state index is 0.194. The Kier molecular flexibility index (Phi) is 3.42. The molecule has 0 radical (unpaired) electrons. The second kappa shape index (κ2) is 4.47. The van der Waals surface area contributed by atoms with E-state index in [2.05, 4.69) is 52.2 Å². The zero-order valence-corrected chi connectivity index (χ0v) is 11.9. The van der Waals surface area contributed by atoms with E-state index in [1.807, 2.05) is 11.8 Å². The summed E-state index contributed by atoms with van der Waals surface area (Å²) in [6, 6.07) is 4.18. The summed E-state index contributed by atoms with van der Waals surface area (Å²) < 4.78 is 1.17. The van der Waals surface area contributed by atoms with Gasteiger partial charge in [0.05, 0.1) is 10.3 Å². The van der Waals surface area contributed by atoms with Crippen molar-refractivity contribution in [3.8, 4) is 0 Å². The van der Waals surface area contributed by atoms with Crippen molar-refractivity contribution in [3.05, 3.63) is 20.8 Å². The Morgan fingerprint density at radius 2 is 2.33 bits per heavy atom. The number of thiophene rings is 1. The number of nitrogens with one attached hydrogen (secondary N) is 1. The Bertz CT molecular complexity index is 385. The van der Waals surface area contributed by atoms with Gasteiger partial charge in [0.1, 0.15) is 0 Å². The lowest BCUT2D eigenvalue weighted by atomic mass is 10.1. The zero-order valence-electron chi connectivity index (χ0n) is 8.71. The van der Waals surface area contributed by atoms with E-state index in [1.54, 1.807) is 11.3 Å². The molecular formula is C10H13BrN2S2. The molecule has 0 saturated carbocycles. The first-order valence-corrected chi connectivity index (χ1v) is 7.34. The van der Waals surface area contributed by atoms with Gasteiger partial charge < -0.3 is 5.32 Å². The van der Waals surface area contributed by atoms with Crippen LogP contribution in [-0.4, -0.2) is 16.5 Å². The lowest BCUT2D eigenvalue weighted by molar-refractivity contribution is 0.536. The van der Waals surface area contributed by atoms with Crippen LogP contribution in [0, 0.1) is 0 Å². The van der Waals surface area contributed by atoms with E-state index < -0.39 is 0 Å². The van der Waals surface area contributed by atoms with Gasteiger partial charge in [-0.25, -0.2) is 0 Å². The van der Waals surface area contributed by atoms with Crippen molar-refractivity contribution in [3.63, 3.8) is 0 Å². The Hall–Kier alpha value is -0.0000000000000000278. The van der Waals surface area contributed by atoms with Crippen molar-refractivity contribution in [1.82, 2.24) is 5.32 Å². The fourth-order valence-electron chi connectivity index (χ4n) is 1.28. The second-order valence-electron chi connectivity index (χ2n) is 4.12. The van der Waals surface area contributed by atoms with E-state index >= 15 is 0 Å². The molecule has 1 N–H and O–H groups in total. The highest BCUT2D eigenvalue weighted by Gasteiger charge is 2.26. The molecule has 15 heavy (non-hydrogen) atoms. The fourth-order valence-corrected chi connectivity index (χ4v) is 3.76. The summed E-state index contributed by atoms with van der Waals surface area (Å²) in [5.74, 6) is 1.10. The van der Waals surface area contributed by atoms with Gasteiger partial charge >= 0.3 is 0 Å². The van der Waals surface area contributed by atoms with Gasteiger partial charge in [-0.2, -0.15) is 0 Å². The predicted molar refractivity (Wildman–Crippen MR) is 72.8 cm³/mol. The van der Waals surface area contributed by atoms with Crippen molar-refractivity contribution in [2.24, 2.45) is 4.99 Å². The van der Waals surface area contributed by atoms with Gasteiger partial charge in [0.15, 0.2) is 5.17 Å². The number of rotatable bonds is 2. The SMILES string of the molecule is CC1(C)CSC(=NCc2ccc(Br)s2)N1. The van der Waals surface area contributed by atoms with E-state index in [-0.39, 0.29) is 5.54 Å². The van der Waals surface area contributed by atoms with Gasteiger partial charge in [0.2, 0.25) is 0 Å².